The molecule has 0 bridgehead atoms. The van der Waals surface area contributed by atoms with Crippen LogP contribution in [0.2, 0.25) is 0 Å². The Morgan fingerprint density at radius 2 is 2.19 bits per heavy atom. The smallest absolute Gasteiger partial charge is 0.327 e. The summed E-state index contributed by atoms with van der Waals surface area (Å²) in [4.78, 5) is 11.4. The Labute approximate surface area is 123 Å². The fourth-order valence-electron chi connectivity index (χ4n) is 2.69. The number of rotatable bonds is 3. The third kappa shape index (κ3) is 2.61. The van der Waals surface area contributed by atoms with Gasteiger partial charge in [0.1, 0.15) is 11.5 Å². The normalized spacial score (nSPS) is 17.3. The number of aryl methyl sites for hydroxylation is 1. The highest BCUT2D eigenvalue weighted by molar-refractivity contribution is 7.10. The summed E-state index contributed by atoms with van der Waals surface area (Å²) in [5.41, 5.74) is 0.241. The summed E-state index contributed by atoms with van der Waals surface area (Å²) >= 11 is 1.63. The Morgan fingerprint density at radius 1 is 1.38 bits per heavy atom. The number of fused-ring (bicyclic) bond motifs is 1. The third-order valence-electron chi connectivity index (χ3n) is 3.59. The lowest BCUT2D eigenvalue weighted by Crippen LogP contribution is -2.16. The van der Waals surface area contributed by atoms with Gasteiger partial charge in [0.05, 0.1) is 11.0 Å². The zero-order valence-electron chi connectivity index (χ0n) is 10.9. The second-order valence-electron chi connectivity index (χ2n) is 4.93. The molecular formula is C14H12F2N2O2S. The molecule has 1 aromatic carbocycles. The minimum atomic E-state index is -1.16. The first-order valence-corrected chi connectivity index (χ1v) is 7.40. The molecule has 0 amide bonds. The van der Waals surface area contributed by atoms with Crippen LogP contribution in [0.15, 0.2) is 23.6 Å². The van der Waals surface area contributed by atoms with E-state index in [1.54, 1.807) is 11.3 Å². The topological polar surface area (TPSA) is 55.2 Å². The van der Waals surface area contributed by atoms with Gasteiger partial charge in [0.25, 0.3) is 0 Å². The van der Waals surface area contributed by atoms with E-state index in [0.717, 1.165) is 30.9 Å². The molecule has 1 heterocycles. The summed E-state index contributed by atoms with van der Waals surface area (Å²) in [6.07, 6.45) is 2.70. The Kier molecular flexibility index (Phi) is 3.59. The van der Waals surface area contributed by atoms with Crippen molar-refractivity contribution in [3.8, 4) is 0 Å². The molecule has 110 valence electrons. The van der Waals surface area contributed by atoms with Crippen molar-refractivity contribution in [3.63, 3.8) is 0 Å². The molecular weight excluding hydrogens is 298 g/mol. The van der Waals surface area contributed by atoms with Crippen LogP contribution in [-0.2, 0) is 6.42 Å². The van der Waals surface area contributed by atoms with Gasteiger partial charge in [0.2, 0.25) is 5.82 Å². The van der Waals surface area contributed by atoms with Crippen molar-refractivity contribution in [2.24, 2.45) is 0 Å². The van der Waals surface area contributed by atoms with Gasteiger partial charge < -0.3 is 5.32 Å². The molecule has 0 aliphatic heterocycles. The van der Waals surface area contributed by atoms with E-state index in [0.29, 0.717) is 6.07 Å². The molecule has 4 nitrogen and oxygen atoms in total. The monoisotopic (exact) mass is 310 g/mol. The van der Waals surface area contributed by atoms with Gasteiger partial charge in [0.15, 0.2) is 0 Å². The Bertz CT molecular complexity index is 702. The van der Waals surface area contributed by atoms with Crippen molar-refractivity contribution in [1.29, 1.82) is 0 Å². The standard InChI is InChI=1S/C14H12F2N2O2S/c15-8-6-10(16)14(18(19)20)12(7-8)17-11-2-1-3-13-9(11)4-5-21-13/h4-7,11,17H,1-3H2. The second-order valence-corrected chi connectivity index (χ2v) is 5.93. The number of nitro benzene ring substituents is 1. The SMILES string of the molecule is O=[N+]([O-])c1c(F)cc(F)cc1NC1CCCc2sccc21. The first-order valence-electron chi connectivity index (χ1n) is 6.52. The van der Waals surface area contributed by atoms with Gasteiger partial charge in [-0.15, -0.1) is 11.3 Å². The van der Waals surface area contributed by atoms with E-state index in [1.807, 2.05) is 11.4 Å². The lowest BCUT2D eigenvalue weighted by Gasteiger charge is -2.24. The van der Waals surface area contributed by atoms with Crippen molar-refractivity contribution in [3.05, 3.63) is 55.8 Å². The summed E-state index contributed by atoms with van der Waals surface area (Å²) in [6, 6.07) is 3.31. The molecule has 1 aliphatic carbocycles. The lowest BCUT2D eigenvalue weighted by molar-refractivity contribution is -0.386. The quantitative estimate of drug-likeness (QED) is 0.674. The van der Waals surface area contributed by atoms with Gasteiger partial charge in [-0.05, 0) is 36.3 Å². The fraction of sp³-hybridized carbons (Fsp3) is 0.286. The van der Waals surface area contributed by atoms with Gasteiger partial charge in [-0.2, -0.15) is 4.39 Å². The molecule has 1 aliphatic rings. The van der Waals surface area contributed by atoms with Gasteiger partial charge in [-0.25, -0.2) is 4.39 Å². The highest BCUT2D eigenvalue weighted by atomic mass is 32.1. The number of nitrogens with one attached hydrogen (secondary N) is 1. The molecule has 3 rings (SSSR count). The zero-order valence-corrected chi connectivity index (χ0v) is 11.8. The Morgan fingerprint density at radius 3 is 2.95 bits per heavy atom. The van der Waals surface area contributed by atoms with Crippen molar-refractivity contribution in [2.75, 3.05) is 5.32 Å². The molecule has 1 atom stereocenters. The number of hydrogen-bond donors (Lipinski definition) is 1. The van der Waals surface area contributed by atoms with Crippen molar-refractivity contribution >= 4 is 22.7 Å². The molecule has 2 aromatic rings. The van der Waals surface area contributed by atoms with Gasteiger partial charge >= 0.3 is 5.69 Å². The average molecular weight is 310 g/mol. The van der Waals surface area contributed by atoms with E-state index in [4.69, 9.17) is 0 Å². The molecule has 1 N–H and O–H groups in total. The van der Waals surface area contributed by atoms with Crippen molar-refractivity contribution in [1.82, 2.24) is 0 Å². The number of nitro groups is 1. The Hall–Kier alpha value is -2.02. The molecule has 0 spiro atoms. The minimum Gasteiger partial charge on any atom is -0.372 e. The van der Waals surface area contributed by atoms with Crippen LogP contribution >= 0.6 is 11.3 Å². The Balaban J connectivity index is 1.98. The van der Waals surface area contributed by atoms with Crippen LogP contribution in [0.3, 0.4) is 0 Å². The number of nitrogens with zero attached hydrogens (tertiary/aromatic N) is 1. The zero-order chi connectivity index (χ0) is 15.0. The van der Waals surface area contributed by atoms with Crippen LogP contribution in [0.1, 0.15) is 29.3 Å². The highest BCUT2D eigenvalue weighted by Gasteiger charge is 2.27. The van der Waals surface area contributed by atoms with E-state index in [2.05, 4.69) is 5.32 Å². The van der Waals surface area contributed by atoms with E-state index < -0.39 is 22.2 Å². The first kappa shape index (κ1) is 13.9. The summed E-state index contributed by atoms with van der Waals surface area (Å²) in [7, 11) is 0. The van der Waals surface area contributed by atoms with Gasteiger partial charge in [-0.1, -0.05) is 0 Å². The predicted molar refractivity (Wildman–Crippen MR) is 76.6 cm³/mol. The fourth-order valence-corrected chi connectivity index (χ4v) is 3.67. The third-order valence-corrected chi connectivity index (χ3v) is 4.59. The molecule has 0 saturated carbocycles. The van der Waals surface area contributed by atoms with Crippen LogP contribution < -0.4 is 5.32 Å². The first-order chi connectivity index (χ1) is 10.1. The minimum absolute atomic E-state index is 0.110. The van der Waals surface area contributed by atoms with Crippen LogP contribution in [-0.4, -0.2) is 4.92 Å². The van der Waals surface area contributed by atoms with E-state index >= 15 is 0 Å². The summed E-state index contributed by atoms with van der Waals surface area (Å²) in [5, 5.41) is 15.9. The number of anilines is 1. The van der Waals surface area contributed by atoms with Crippen LogP contribution in [0.4, 0.5) is 20.2 Å². The number of halogens is 2. The average Bonchev–Trinajstić information content (AvgIpc) is 2.86. The molecule has 1 aromatic heterocycles. The van der Waals surface area contributed by atoms with E-state index in [1.165, 1.54) is 4.88 Å². The second kappa shape index (κ2) is 5.40. The molecule has 0 fully saturated rings. The van der Waals surface area contributed by atoms with E-state index in [9.17, 15) is 18.9 Å². The van der Waals surface area contributed by atoms with Crippen LogP contribution in [0.5, 0.6) is 0 Å². The summed E-state index contributed by atoms with van der Waals surface area (Å²) < 4.78 is 27.0. The van der Waals surface area contributed by atoms with Crippen molar-refractivity contribution < 1.29 is 13.7 Å². The van der Waals surface area contributed by atoms with Crippen LogP contribution in [0.25, 0.3) is 0 Å². The van der Waals surface area contributed by atoms with Crippen LogP contribution in [0, 0.1) is 21.7 Å². The molecule has 0 radical (unpaired) electrons. The maximum absolute atomic E-state index is 13.6. The molecule has 7 heteroatoms. The molecule has 21 heavy (non-hydrogen) atoms. The molecule has 0 saturated heterocycles. The summed E-state index contributed by atoms with van der Waals surface area (Å²) in [6.45, 7) is 0. The van der Waals surface area contributed by atoms with Gasteiger partial charge in [-0.3, -0.25) is 10.1 Å². The number of benzene rings is 1. The summed E-state index contributed by atoms with van der Waals surface area (Å²) in [5.74, 6) is -1.99. The largest absolute Gasteiger partial charge is 0.372 e. The number of thiophene rings is 1. The van der Waals surface area contributed by atoms with E-state index in [-0.39, 0.29) is 11.7 Å². The lowest BCUT2D eigenvalue weighted by atomic mass is 9.94. The van der Waals surface area contributed by atoms with Gasteiger partial charge in [0, 0.05) is 17.0 Å². The molecule has 1 unspecified atom stereocenters. The van der Waals surface area contributed by atoms with Crippen molar-refractivity contribution in [2.45, 2.75) is 25.3 Å². The number of hydrogen-bond acceptors (Lipinski definition) is 4. The maximum atomic E-state index is 13.6. The highest BCUT2D eigenvalue weighted by Crippen LogP contribution is 2.38. The maximum Gasteiger partial charge on any atom is 0.327 e. The predicted octanol–water partition coefficient (Wildman–Crippen LogP) is 4.42.